The van der Waals surface area contributed by atoms with Gasteiger partial charge in [-0.2, -0.15) is 0 Å². The Bertz CT molecular complexity index is 713. The molecule has 2 N–H and O–H groups in total. The number of thiazole rings is 1. The maximum Gasteiger partial charge on any atom is 0.240 e. The first-order valence-electron chi connectivity index (χ1n) is 8.16. The first-order valence-corrected chi connectivity index (χ1v) is 9.04. The minimum atomic E-state index is -0.426. The van der Waals surface area contributed by atoms with Crippen LogP contribution in [-0.2, 0) is 4.79 Å². The number of amides is 1. The quantitative estimate of drug-likeness (QED) is 0.893. The number of aryl methyl sites for hydroxylation is 1. The Morgan fingerprint density at radius 3 is 2.67 bits per heavy atom. The second kappa shape index (κ2) is 7.01. The number of nitrogens with zero attached hydrogens (tertiary/aromatic N) is 2. The molecule has 5 nitrogen and oxygen atoms in total. The molecule has 3 rings (SSSR count). The fourth-order valence-corrected chi connectivity index (χ4v) is 3.87. The zero-order chi connectivity index (χ0) is 17.3. The molecule has 1 amide bonds. The van der Waals surface area contributed by atoms with Gasteiger partial charge in [0.2, 0.25) is 5.91 Å². The Morgan fingerprint density at radius 1 is 1.42 bits per heavy atom. The van der Waals surface area contributed by atoms with Gasteiger partial charge in [-0.25, -0.2) is 4.98 Å². The van der Waals surface area contributed by atoms with E-state index in [0.29, 0.717) is 13.0 Å². The van der Waals surface area contributed by atoms with Crippen LogP contribution in [0, 0.1) is 6.92 Å². The van der Waals surface area contributed by atoms with Gasteiger partial charge in [0.05, 0.1) is 34.3 Å². The average molecular weight is 345 g/mol. The van der Waals surface area contributed by atoms with Crippen molar-refractivity contribution in [3.8, 4) is 10.4 Å². The normalized spacial score (nSPS) is 21.7. The molecule has 24 heavy (non-hydrogen) atoms. The molecule has 3 atom stereocenters. The topological polar surface area (TPSA) is 65.5 Å². The Morgan fingerprint density at radius 2 is 2.12 bits per heavy atom. The lowest BCUT2D eigenvalue weighted by atomic mass is 10.0. The standard InChI is InChI=1S/C18H23N3O2S/c1-11-17(24-10-20-11)14-6-4-13(5-7-14)12(2)21(3)18(23)16-8-15(22)9-19-16/h4-7,10,12,15-16,19,22H,8-9H2,1-3H3/t12-,15?,16-/m0/s1. The predicted molar refractivity (Wildman–Crippen MR) is 95.9 cm³/mol. The summed E-state index contributed by atoms with van der Waals surface area (Å²) in [5.74, 6) is 0.0291. The van der Waals surface area contributed by atoms with Crippen LogP contribution in [0.2, 0.25) is 0 Å². The molecule has 6 heteroatoms. The molecular weight excluding hydrogens is 322 g/mol. The lowest BCUT2D eigenvalue weighted by molar-refractivity contribution is -0.133. The van der Waals surface area contributed by atoms with Crippen LogP contribution in [0.4, 0.5) is 0 Å². The second-order valence-electron chi connectivity index (χ2n) is 6.36. The van der Waals surface area contributed by atoms with E-state index in [1.807, 2.05) is 26.4 Å². The molecule has 1 aromatic heterocycles. The van der Waals surface area contributed by atoms with Crippen molar-refractivity contribution in [2.75, 3.05) is 13.6 Å². The third-order valence-corrected chi connectivity index (χ3v) is 5.71. The van der Waals surface area contributed by atoms with Crippen LogP contribution < -0.4 is 5.32 Å². The molecule has 1 unspecified atom stereocenters. The lowest BCUT2D eigenvalue weighted by Gasteiger charge is -2.28. The highest BCUT2D eigenvalue weighted by atomic mass is 32.1. The van der Waals surface area contributed by atoms with Gasteiger partial charge in [0.1, 0.15) is 0 Å². The number of benzene rings is 1. The first-order chi connectivity index (χ1) is 11.5. The molecule has 128 valence electrons. The largest absolute Gasteiger partial charge is 0.392 e. The molecule has 2 heterocycles. The third-order valence-electron chi connectivity index (χ3n) is 4.74. The molecule has 1 aliphatic rings. The van der Waals surface area contributed by atoms with Gasteiger partial charge < -0.3 is 15.3 Å². The predicted octanol–water partition coefficient (Wildman–Crippen LogP) is 2.36. The maximum absolute atomic E-state index is 12.5. The molecule has 1 aliphatic heterocycles. The van der Waals surface area contributed by atoms with Crippen molar-refractivity contribution in [3.05, 3.63) is 41.0 Å². The van der Waals surface area contributed by atoms with Crippen LogP contribution in [0.3, 0.4) is 0 Å². The Kier molecular flexibility index (Phi) is 4.99. The van der Waals surface area contributed by atoms with E-state index in [-0.39, 0.29) is 18.0 Å². The Labute approximate surface area is 146 Å². The molecule has 1 saturated heterocycles. The van der Waals surface area contributed by atoms with Gasteiger partial charge in [0, 0.05) is 13.6 Å². The summed E-state index contributed by atoms with van der Waals surface area (Å²) in [7, 11) is 1.82. The van der Waals surface area contributed by atoms with Gasteiger partial charge >= 0.3 is 0 Å². The van der Waals surface area contributed by atoms with E-state index < -0.39 is 6.10 Å². The number of carbonyl (C=O) groups is 1. The van der Waals surface area contributed by atoms with Crippen LogP contribution in [0.5, 0.6) is 0 Å². The summed E-state index contributed by atoms with van der Waals surface area (Å²) in [5.41, 5.74) is 5.14. The van der Waals surface area contributed by atoms with Crippen molar-refractivity contribution in [1.82, 2.24) is 15.2 Å². The van der Waals surface area contributed by atoms with Crippen molar-refractivity contribution >= 4 is 17.2 Å². The number of aromatic nitrogens is 1. The molecule has 0 radical (unpaired) electrons. The monoisotopic (exact) mass is 345 g/mol. The van der Waals surface area contributed by atoms with Crippen molar-refractivity contribution in [1.29, 1.82) is 0 Å². The fourth-order valence-electron chi connectivity index (χ4n) is 3.06. The highest BCUT2D eigenvalue weighted by Gasteiger charge is 2.31. The van der Waals surface area contributed by atoms with Gasteiger partial charge in [-0.1, -0.05) is 24.3 Å². The number of carbonyl (C=O) groups excluding carboxylic acids is 1. The van der Waals surface area contributed by atoms with Crippen LogP contribution in [-0.4, -0.2) is 46.6 Å². The van der Waals surface area contributed by atoms with Crippen molar-refractivity contribution in [2.24, 2.45) is 0 Å². The molecule has 1 fully saturated rings. The smallest absolute Gasteiger partial charge is 0.240 e. The summed E-state index contributed by atoms with van der Waals surface area (Å²) in [6.45, 7) is 4.52. The third kappa shape index (κ3) is 3.36. The van der Waals surface area contributed by atoms with Gasteiger partial charge in [-0.05, 0) is 31.4 Å². The average Bonchev–Trinajstić information content (AvgIpc) is 3.21. The second-order valence-corrected chi connectivity index (χ2v) is 7.22. The molecule has 0 aliphatic carbocycles. The summed E-state index contributed by atoms with van der Waals surface area (Å²) in [4.78, 5) is 19.8. The summed E-state index contributed by atoms with van der Waals surface area (Å²) in [6, 6.07) is 8.00. The zero-order valence-electron chi connectivity index (χ0n) is 14.2. The molecule has 0 saturated carbocycles. The number of aliphatic hydroxyl groups excluding tert-OH is 1. The SMILES string of the molecule is Cc1ncsc1-c1ccc([C@H](C)N(C)C(=O)[C@@H]2CC(O)CN2)cc1. The van der Waals surface area contributed by atoms with Gasteiger partial charge in [0.25, 0.3) is 0 Å². The van der Waals surface area contributed by atoms with Crippen LogP contribution in [0.1, 0.15) is 30.6 Å². The number of rotatable bonds is 4. The van der Waals surface area contributed by atoms with E-state index in [2.05, 4.69) is 34.6 Å². The number of β-amino-alcohol motifs (C(OH)–C–C–N with tert-alkyl or cyclic N) is 1. The van der Waals surface area contributed by atoms with Crippen molar-refractivity contribution < 1.29 is 9.90 Å². The number of hydrogen-bond donors (Lipinski definition) is 2. The van der Waals surface area contributed by atoms with E-state index in [9.17, 15) is 9.90 Å². The van der Waals surface area contributed by atoms with Crippen molar-refractivity contribution in [2.45, 2.75) is 38.5 Å². The van der Waals surface area contributed by atoms with E-state index in [1.165, 1.54) is 4.88 Å². The maximum atomic E-state index is 12.5. The highest BCUT2D eigenvalue weighted by molar-refractivity contribution is 7.13. The van der Waals surface area contributed by atoms with E-state index in [1.54, 1.807) is 16.2 Å². The van der Waals surface area contributed by atoms with Gasteiger partial charge in [0.15, 0.2) is 0 Å². The molecule has 0 spiro atoms. The Hall–Kier alpha value is -1.76. The highest BCUT2D eigenvalue weighted by Crippen LogP contribution is 2.29. The summed E-state index contributed by atoms with van der Waals surface area (Å²) >= 11 is 1.64. The minimum absolute atomic E-state index is 0.0198. The van der Waals surface area contributed by atoms with Crippen molar-refractivity contribution in [3.63, 3.8) is 0 Å². The van der Waals surface area contributed by atoms with Gasteiger partial charge in [-0.3, -0.25) is 4.79 Å². The molecule has 0 bridgehead atoms. The van der Waals surface area contributed by atoms with E-state index >= 15 is 0 Å². The minimum Gasteiger partial charge on any atom is -0.392 e. The molecule has 1 aromatic carbocycles. The van der Waals surface area contributed by atoms with Crippen LogP contribution >= 0.6 is 11.3 Å². The summed E-state index contributed by atoms with van der Waals surface area (Å²) in [6.07, 6.45) is 0.0593. The fraction of sp³-hybridized carbons (Fsp3) is 0.444. The number of nitrogens with one attached hydrogen (secondary N) is 1. The first kappa shape index (κ1) is 17.1. The van der Waals surface area contributed by atoms with E-state index in [4.69, 9.17) is 0 Å². The lowest BCUT2D eigenvalue weighted by Crippen LogP contribution is -2.42. The van der Waals surface area contributed by atoms with Crippen LogP contribution in [0.25, 0.3) is 10.4 Å². The van der Waals surface area contributed by atoms with Crippen LogP contribution in [0.15, 0.2) is 29.8 Å². The molecule has 2 aromatic rings. The Balaban J connectivity index is 1.71. The number of hydrogen-bond acceptors (Lipinski definition) is 5. The zero-order valence-corrected chi connectivity index (χ0v) is 15.0. The summed E-state index contributed by atoms with van der Waals surface area (Å²) in [5, 5.41) is 12.7. The van der Waals surface area contributed by atoms with E-state index in [0.717, 1.165) is 16.8 Å². The number of likely N-dealkylation sites (N-methyl/N-ethyl adjacent to an activating group) is 1. The summed E-state index contributed by atoms with van der Waals surface area (Å²) < 4.78 is 0. The van der Waals surface area contributed by atoms with Gasteiger partial charge in [-0.15, -0.1) is 11.3 Å². The number of aliphatic hydroxyl groups is 1. The molecular formula is C18H23N3O2S.